The molecule has 100 valence electrons. The molecule has 2 N–H and O–H groups in total. The monoisotopic (exact) mass is 256 g/mol. The Morgan fingerprint density at radius 1 is 1.21 bits per heavy atom. The maximum absolute atomic E-state index is 12.4. The Bertz CT molecular complexity index is 534. The Balaban J connectivity index is 1.50. The van der Waals surface area contributed by atoms with E-state index in [0.717, 1.165) is 25.2 Å². The van der Waals surface area contributed by atoms with Gasteiger partial charge in [-0.1, -0.05) is 12.5 Å². The molecule has 1 unspecified atom stereocenters. The zero-order valence-electron chi connectivity index (χ0n) is 11.2. The molecule has 1 amide bonds. The van der Waals surface area contributed by atoms with Gasteiger partial charge in [0.2, 0.25) is 5.91 Å². The number of rotatable bonds is 2. The number of amides is 1. The number of anilines is 1. The molecule has 2 saturated carbocycles. The van der Waals surface area contributed by atoms with E-state index in [9.17, 15) is 4.79 Å². The van der Waals surface area contributed by atoms with Crippen LogP contribution in [0.25, 0.3) is 0 Å². The van der Waals surface area contributed by atoms with Crippen molar-refractivity contribution >= 4 is 11.6 Å². The van der Waals surface area contributed by atoms with Crippen molar-refractivity contribution in [3.05, 3.63) is 29.3 Å². The van der Waals surface area contributed by atoms with Crippen molar-refractivity contribution in [2.75, 3.05) is 5.32 Å². The molecule has 3 aliphatic rings. The lowest BCUT2D eigenvalue weighted by Gasteiger charge is -2.18. The van der Waals surface area contributed by atoms with Crippen molar-refractivity contribution in [1.29, 1.82) is 0 Å². The molecule has 1 atom stereocenters. The highest BCUT2D eigenvalue weighted by molar-refractivity contribution is 5.93. The van der Waals surface area contributed by atoms with E-state index in [0.29, 0.717) is 5.41 Å². The van der Waals surface area contributed by atoms with Crippen molar-refractivity contribution in [3.8, 4) is 0 Å². The number of fused-ring (bicyclic) bond motifs is 1. The topological polar surface area (TPSA) is 41.1 Å². The van der Waals surface area contributed by atoms with E-state index in [-0.39, 0.29) is 11.8 Å². The van der Waals surface area contributed by atoms with E-state index in [1.807, 2.05) is 6.07 Å². The molecule has 0 aromatic heterocycles. The predicted octanol–water partition coefficient (Wildman–Crippen LogP) is 2.81. The van der Waals surface area contributed by atoms with Crippen LogP contribution in [0.2, 0.25) is 0 Å². The van der Waals surface area contributed by atoms with Gasteiger partial charge < -0.3 is 10.6 Å². The summed E-state index contributed by atoms with van der Waals surface area (Å²) in [5.41, 5.74) is 4.04. The first kappa shape index (κ1) is 11.5. The maximum atomic E-state index is 12.4. The van der Waals surface area contributed by atoms with Crippen LogP contribution in [0.15, 0.2) is 18.2 Å². The van der Waals surface area contributed by atoms with Crippen LogP contribution >= 0.6 is 0 Å². The number of carbonyl (C=O) groups excluding carboxylic acids is 1. The SMILES string of the molecule is O=C(Nc1ccc2c(c1)CNC2)C1CCCC12CC2. The van der Waals surface area contributed by atoms with E-state index in [4.69, 9.17) is 0 Å². The van der Waals surface area contributed by atoms with Crippen LogP contribution in [-0.4, -0.2) is 5.91 Å². The quantitative estimate of drug-likeness (QED) is 0.854. The molecule has 0 saturated heterocycles. The Kier molecular flexibility index (Phi) is 2.46. The molecule has 1 aromatic carbocycles. The highest BCUT2D eigenvalue weighted by atomic mass is 16.1. The molecule has 0 radical (unpaired) electrons. The summed E-state index contributed by atoms with van der Waals surface area (Å²) >= 11 is 0. The molecule has 19 heavy (non-hydrogen) atoms. The van der Waals surface area contributed by atoms with Crippen molar-refractivity contribution < 1.29 is 4.79 Å². The van der Waals surface area contributed by atoms with Crippen LogP contribution < -0.4 is 10.6 Å². The third-order valence-electron chi connectivity index (χ3n) is 5.22. The van der Waals surface area contributed by atoms with E-state index in [2.05, 4.69) is 22.8 Å². The summed E-state index contributed by atoms with van der Waals surface area (Å²) in [4.78, 5) is 12.4. The van der Waals surface area contributed by atoms with Crippen LogP contribution in [0, 0.1) is 11.3 Å². The van der Waals surface area contributed by atoms with Crippen LogP contribution in [0.3, 0.4) is 0 Å². The van der Waals surface area contributed by atoms with E-state index in [1.54, 1.807) is 0 Å². The molecule has 1 heterocycles. The van der Waals surface area contributed by atoms with Gasteiger partial charge in [0, 0.05) is 24.7 Å². The van der Waals surface area contributed by atoms with Gasteiger partial charge >= 0.3 is 0 Å². The molecular weight excluding hydrogens is 236 g/mol. The third-order valence-corrected chi connectivity index (χ3v) is 5.22. The molecule has 4 rings (SSSR count). The average molecular weight is 256 g/mol. The Hall–Kier alpha value is -1.35. The van der Waals surface area contributed by atoms with E-state index in [1.165, 1.54) is 36.8 Å². The fourth-order valence-corrected chi connectivity index (χ4v) is 3.91. The third kappa shape index (κ3) is 1.88. The van der Waals surface area contributed by atoms with Crippen LogP contribution in [-0.2, 0) is 17.9 Å². The summed E-state index contributed by atoms with van der Waals surface area (Å²) in [5, 5.41) is 6.48. The molecule has 3 nitrogen and oxygen atoms in total. The number of carbonyl (C=O) groups is 1. The van der Waals surface area contributed by atoms with Crippen molar-refractivity contribution in [3.63, 3.8) is 0 Å². The van der Waals surface area contributed by atoms with E-state index >= 15 is 0 Å². The number of hydrogen-bond donors (Lipinski definition) is 2. The lowest BCUT2D eigenvalue weighted by molar-refractivity contribution is -0.121. The van der Waals surface area contributed by atoms with Gasteiger partial charge in [-0.05, 0) is 54.4 Å². The minimum absolute atomic E-state index is 0.251. The molecule has 3 heteroatoms. The zero-order chi connectivity index (χ0) is 12.9. The second-order valence-electron chi connectivity index (χ2n) is 6.38. The first-order chi connectivity index (χ1) is 9.27. The summed E-state index contributed by atoms with van der Waals surface area (Å²) in [6, 6.07) is 6.30. The summed E-state index contributed by atoms with van der Waals surface area (Å²) in [6.45, 7) is 1.88. The van der Waals surface area contributed by atoms with Gasteiger partial charge in [-0.2, -0.15) is 0 Å². The zero-order valence-corrected chi connectivity index (χ0v) is 11.2. The lowest BCUT2D eigenvalue weighted by atomic mass is 9.92. The molecule has 0 bridgehead atoms. The molecule has 2 fully saturated rings. The van der Waals surface area contributed by atoms with Gasteiger partial charge in [0.05, 0.1) is 0 Å². The minimum atomic E-state index is 0.251. The summed E-state index contributed by atoms with van der Waals surface area (Å²) < 4.78 is 0. The maximum Gasteiger partial charge on any atom is 0.228 e. The summed E-state index contributed by atoms with van der Waals surface area (Å²) in [7, 11) is 0. The van der Waals surface area contributed by atoms with Crippen LogP contribution in [0.1, 0.15) is 43.2 Å². The molecule has 1 aromatic rings. The van der Waals surface area contributed by atoms with Gasteiger partial charge in [-0.25, -0.2) is 0 Å². The smallest absolute Gasteiger partial charge is 0.228 e. The Morgan fingerprint density at radius 2 is 2.05 bits per heavy atom. The fourth-order valence-electron chi connectivity index (χ4n) is 3.91. The molecule has 2 aliphatic carbocycles. The highest BCUT2D eigenvalue weighted by Gasteiger charge is 2.54. The summed E-state index contributed by atoms with van der Waals surface area (Å²) in [5.74, 6) is 0.514. The van der Waals surface area contributed by atoms with Gasteiger partial charge in [-0.3, -0.25) is 4.79 Å². The Morgan fingerprint density at radius 3 is 2.89 bits per heavy atom. The van der Waals surface area contributed by atoms with Gasteiger partial charge in [0.25, 0.3) is 0 Å². The predicted molar refractivity (Wildman–Crippen MR) is 74.6 cm³/mol. The van der Waals surface area contributed by atoms with Gasteiger partial charge in [-0.15, -0.1) is 0 Å². The lowest BCUT2D eigenvalue weighted by Crippen LogP contribution is -2.26. The van der Waals surface area contributed by atoms with Crippen LogP contribution in [0.5, 0.6) is 0 Å². The van der Waals surface area contributed by atoms with Gasteiger partial charge in [0.1, 0.15) is 0 Å². The second kappa shape index (κ2) is 4.07. The molecule has 1 aliphatic heterocycles. The minimum Gasteiger partial charge on any atom is -0.326 e. The first-order valence-electron chi connectivity index (χ1n) is 7.40. The highest BCUT2D eigenvalue weighted by Crippen LogP contribution is 2.61. The fraction of sp³-hybridized carbons (Fsp3) is 0.562. The number of nitrogens with one attached hydrogen (secondary N) is 2. The molecular formula is C16H20N2O. The normalized spacial score (nSPS) is 26.4. The Labute approximate surface area is 113 Å². The summed E-state index contributed by atoms with van der Waals surface area (Å²) in [6.07, 6.45) is 6.10. The molecule has 1 spiro atoms. The number of hydrogen-bond acceptors (Lipinski definition) is 2. The first-order valence-corrected chi connectivity index (χ1v) is 7.40. The second-order valence-corrected chi connectivity index (χ2v) is 6.38. The van der Waals surface area contributed by atoms with Gasteiger partial charge in [0.15, 0.2) is 0 Å². The van der Waals surface area contributed by atoms with Crippen molar-refractivity contribution in [1.82, 2.24) is 5.32 Å². The van der Waals surface area contributed by atoms with Crippen molar-refractivity contribution in [2.24, 2.45) is 11.3 Å². The standard InChI is InChI=1S/C16H20N2O/c19-15(14-2-1-5-16(14)6-7-16)18-13-4-3-11-9-17-10-12(11)8-13/h3-4,8,14,17H,1-2,5-7,9-10H2,(H,18,19). The van der Waals surface area contributed by atoms with Crippen molar-refractivity contribution in [2.45, 2.75) is 45.2 Å². The number of benzene rings is 1. The van der Waals surface area contributed by atoms with E-state index < -0.39 is 0 Å². The van der Waals surface area contributed by atoms with Crippen LogP contribution in [0.4, 0.5) is 5.69 Å². The largest absolute Gasteiger partial charge is 0.326 e. The average Bonchev–Trinajstić information content (AvgIpc) is 2.86.